The molecule has 1 heterocycles. The van der Waals surface area contributed by atoms with Crippen molar-refractivity contribution in [2.24, 2.45) is 0 Å². The highest BCUT2D eigenvalue weighted by Gasteiger charge is 2.18. The van der Waals surface area contributed by atoms with Crippen LogP contribution in [-0.2, 0) is 4.74 Å². The molecule has 0 spiro atoms. The predicted octanol–water partition coefficient (Wildman–Crippen LogP) is 4.01. The number of aromatic nitrogens is 1. The zero-order chi connectivity index (χ0) is 16.4. The Labute approximate surface area is 138 Å². The van der Waals surface area contributed by atoms with Crippen molar-refractivity contribution in [1.82, 2.24) is 4.98 Å². The fraction of sp³-hybridized carbons (Fsp3) is 0.167. The molecule has 0 aliphatic heterocycles. The first kappa shape index (κ1) is 15.6. The number of phenols is 1. The number of hydrogen-bond acceptors (Lipinski definition) is 3. The summed E-state index contributed by atoms with van der Waals surface area (Å²) < 4.78 is 5.78. The Balaban J connectivity index is 2.15. The van der Waals surface area contributed by atoms with Crippen LogP contribution in [0.2, 0.25) is 5.02 Å². The van der Waals surface area contributed by atoms with Gasteiger partial charge in [0.1, 0.15) is 11.9 Å². The lowest BCUT2D eigenvalue weighted by atomic mass is 10.0. The summed E-state index contributed by atoms with van der Waals surface area (Å²) in [5.74, 6) is 0.170. The van der Waals surface area contributed by atoms with Crippen molar-refractivity contribution in [1.29, 1.82) is 0 Å². The molecule has 2 N–H and O–H groups in total. The van der Waals surface area contributed by atoms with Gasteiger partial charge < -0.3 is 14.8 Å². The second kappa shape index (κ2) is 6.44. The molecule has 1 unspecified atom stereocenters. The second-order valence-corrected chi connectivity index (χ2v) is 5.65. The SMILES string of the molecule is CCOC(c1ccc(O)cc1)c1cc2cc(Cl)ccc2[nH]c1=O. The van der Waals surface area contributed by atoms with E-state index >= 15 is 0 Å². The quantitative estimate of drug-likeness (QED) is 0.760. The number of benzene rings is 2. The molecule has 0 saturated heterocycles. The van der Waals surface area contributed by atoms with Crippen molar-refractivity contribution in [2.45, 2.75) is 13.0 Å². The molecule has 2 aromatic carbocycles. The Hall–Kier alpha value is -2.30. The van der Waals surface area contributed by atoms with Crippen LogP contribution in [-0.4, -0.2) is 16.7 Å². The number of H-pyrrole nitrogens is 1. The molecule has 0 saturated carbocycles. The van der Waals surface area contributed by atoms with Crippen LogP contribution in [0.5, 0.6) is 5.75 Å². The van der Waals surface area contributed by atoms with Crippen molar-refractivity contribution in [3.8, 4) is 5.75 Å². The highest BCUT2D eigenvalue weighted by atomic mass is 35.5. The average molecular weight is 330 g/mol. The summed E-state index contributed by atoms with van der Waals surface area (Å²) in [7, 11) is 0. The molecule has 0 fully saturated rings. The lowest BCUT2D eigenvalue weighted by Gasteiger charge is -2.18. The molecule has 0 aliphatic carbocycles. The number of aromatic amines is 1. The van der Waals surface area contributed by atoms with Crippen LogP contribution in [0.15, 0.2) is 53.3 Å². The van der Waals surface area contributed by atoms with Gasteiger partial charge in [0.05, 0.1) is 5.56 Å². The van der Waals surface area contributed by atoms with E-state index in [2.05, 4.69) is 4.98 Å². The van der Waals surface area contributed by atoms with Gasteiger partial charge in [-0.2, -0.15) is 0 Å². The van der Waals surface area contributed by atoms with Crippen molar-refractivity contribution in [3.05, 3.63) is 75.0 Å². The van der Waals surface area contributed by atoms with E-state index in [1.807, 2.05) is 6.92 Å². The Morgan fingerprint density at radius 2 is 1.91 bits per heavy atom. The number of halogens is 1. The van der Waals surface area contributed by atoms with Gasteiger partial charge in [0.15, 0.2) is 0 Å². The highest BCUT2D eigenvalue weighted by Crippen LogP contribution is 2.27. The molecular weight excluding hydrogens is 314 g/mol. The summed E-state index contributed by atoms with van der Waals surface area (Å²) in [5.41, 5.74) is 1.83. The van der Waals surface area contributed by atoms with Gasteiger partial charge in [-0.25, -0.2) is 0 Å². The fourth-order valence-electron chi connectivity index (χ4n) is 2.57. The van der Waals surface area contributed by atoms with Crippen LogP contribution in [0, 0.1) is 0 Å². The summed E-state index contributed by atoms with van der Waals surface area (Å²) in [6.07, 6.45) is -0.507. The number of phenolic OH excluding ortho intramolecular Hbond substituents is 1. The monoisotopic (exact) mass is 329 g/mol. The van der Waals surface area contributed by atoms with Crippen LogP contribution >= 0.6 is 11.6 Å². The topological polar surface area (TPSA) is 62.3 Å². The number of pyridine rings is 1. The number of aromatic hydroxyl groups is 1. The van der Waals surface area contributed by atoms with E-state index in [1.54, 1.807) is 48.5 Å². The van der Waals surface area contributed by atoms with E-state index in [1.165, 1.54) is 0 Å². The second-order valence-electron chi connectivity index (χ2n) is 5.21. The lowest BCUT2D eigenvalue weighted by Crippen LogP contribution is -2.19. The molecule has 4 nitrogen and oxygen atoms in total. The Kier molecular flexibility index (Phi) is 4.37. The van der Waals surface area contributed by atoms with Crippen LogP contribution in [0.4, 0.5) is 0 Å². The van der Waals surface area contributed by atoms with Gasteiger partial charge in [0, 0.05) is 22.5 Å². The minimum absolute atomic E-state index is 0.170. The van der Waals surface area contributed by atoms with E-state index in [9.17, 15) is 9.90 Å². The Morgan fingerprint density at radius 1 is 1.17 bits per heavy atom. The van der Waals surface area contributed by atoms with Gasteiger partial charge in [-0.1, -0.05) is 23.7 Å². The minimum atomic E-state index is -0.507. The summed E-state index contributed by atoms with van der Waals surface area (Å²) in [4.78, 5) is 15.3. The first-order valence-corrected chi connectivity index (χ1v) is 7.69. The molecule has 118 valence electrons. The standard InChI is InChI=1S/C18H16ClNO3/c1-2-23-17(11-3-6-14(21)7-4-11)15-10-12-9-13(19)5-8-16(12)20-18(15)22/h3-10,17,21H,2H2,1H3,(H,20,22). The largest absolute Gasteiger partial charge is 0.508 e. The third kappa shape index (κ3) is 3.23. The smallest absolute Gasteiger partial charge is 0.254 e. The van der Waals surface area contributed by atoms with Crippen molar-refractivity contribution in [3.63, 3.8) is 0 Å². The van der Waals surface area contributed by atoms with Gasteiger partial charge in [0.25, 0.3) is 5.56 Å². The molecule has 0 amide bonds. The van der Waals surface area contributed by atoms with Crippen LogP contribution in [0.3, 0.4) is 0 Å². The molecule has 3 rings (SSSR count). The average Bonchev–Trinajstić information content (AvgIpc) is 2.54. The van der Waals surface area contributed by atoms with Crippen molar-refractivity contribution in [2.75, 3.05) is 6.61 Å². The molecule has 23 heavy (non-hydrogen) atoms. The highest BCUT2D eigenvalue weighted by molar-refractivity contribution is 6.31. The van der Waals surface area contributed by atoms with Crippen LogP contribution < -0.4 is 5.56 Å². The van der Waals surface area contributed by atoms with Crippen molar-refractivity contribution >= 4 is 22.5 Å². The summed E-state index contributed by atoms with van der Waals surface area (Å²) in [5, 5.41) is 10.9. The normalized spacial score (nSPS) is 12.4. The van der Waals surface area contributed by atoms with Gasteiger partial charge >= 0.3 is 0 Å². The number of nitrogens with one attached hydrogen (secondary N) is 1. The van der Waals surface area contributed by atoms with Gasteiger partial charge in [-0.15, -0.1) is 0 Å². The lowest BCUT2D eigenvalue weighted by molar-refractivity contribution is 0.0904. The maximum atomic E-state index is 12.5. The Morgan fingerprint density at radius 3 is 2.61 bits per heavy atom. The molecule has 0 radical (unpaired) electrons. The third-order valence-electron chi connectivity index (χ3n) is 3.65. The summed E-state index contributed by atoms with van der Waals surface area (Å²) in [6.45, 7) is 2.33. The Bertz CT molecular complexity index is 887. The predicted molar refractivity (Wildman–Crippen MR) is 91.2 cm³/mol. The molecular formula is C18H16ClNO3. The number of hydrogen-bond donors (Lipinski definition) is 2. The number of rotatable bonds is 4. The van der Waals surface area contributed by atoms with Crippen LogP contribution in [0.25, 0.3) is 10.9 Å². The van der Waals surface area contributed by atoms with E-state index < -0.39 is 6.10 Å². The third-order valence-corrected chi connectivity index (χ3v) is 3.88. The van der Waals surface area contributed by atoms with E-state index in [4.69, 9.17) is 16.3 Å². The molecule has 1 atom stereocenters. The molecule has 0 bridgehead atoms. The molecule has 3 aromatic rings. The number of fused-ring (bicyclic) bond motifs is 1. The maximum Gasteiger partial charge on any atom is 0.254 e. The summed E-state index contributed by atoms with van der Waals surface area (Å²) in [6, 6.07) is 13.8. The first-order valence-electron chi connectivity index (χ1n) is 7.31. The van der Waals surface area contributed by atoms with Crippen LogP contribution in [0.1, 0.15) is 24.2 Å². The summed E-state index contributed by atoms with van der Waals surface area (Å²) >= 11 is 6.03. The van der Waals surface area contributed by atoms with E-state index in [0.29, 0.717) is 17.2 Å². The van der Waals surface area contributed by atoms with Gasteiger partial charge in [-0.05, 0) is 48.9 Å². The maximum absolute atomic E-state index is 12.5. The van der Waals surface area contributed by atoms with Crippen molar-refractivity contribution < 1.29 is 9.84 Å². The minimum Gasteiger partial charge on any atom is -0.508 e. The zero-order valence-electron chi connectivity index (χ0n) is 12.5. The first-order chi connectivity index (χ1) is 11.1. The van der Waals surface area contributed by atoms with Gasteiger partial charge in [0.2, 0.25) is 0 Å². The molecule has 0 aliphatic rings. The molecule has 1 aromatic heterocycles. The van der Waals surface area contributed by atoms with E-state index in [0.717, 1.165) is 16.5 Å². The van der Waals surface area contributed by atoms with E-state index in [-0.39, 0.29) is 11.3 Å². The molecule has 5 heteroatoms. The fourth-order valence-corrected chi connectivity index (χ4v) is 2.75. The van der Waals surface area contributed by atoms with Gasteiger partial charge in [-0.3, -0.25) is 4.79 Å². The number of ether oxygens (including phenoxy) is 1. The zero-order valence-corrected chi connectivity index (χ0v) is 13.3.